The second-order valence-corrected chi connectivity index (χ2v) is 12.8. The van der Waals surface area contributed by atoms with E-state index in [9.17, 15) is 24.3 Å². The van der Waals surface area contributed by atoms with Crippen molar-refractivity contribution in [3.05, 3.63) is 130 Å². The molecule has 0 aliphatic heterocycles. The number of amides is 3. The molecule has 4 aromatic carbocycles. The molecule has 12 heteroatoms. The predicted octanol–water partition coefficient (Wildman–Crippen LogP) is 6.57. The maximum absolute atomic E-state index is 13.5. The fourth-order valence-electron chi connectivity index (χ4n) is 4.96. The van der Waals surface area contributed by atoms with E-state index in [1.54, 1.807) is 84.9 Å². The van der Waals surface area contributed by atoms with E-state index in [0.717, 1.165) is 5.56 Å². The van der Waals surface area contributed by atoms with Gasteiger partial charge in [0.05, 0.1) is 16.1 Å². The van der Waals surface area contributed by atoms with Gasteiger partial charge in [-0.05, 0) is 53.3 Å². The first-order valence-corrected chi connectivity index (χ1v) is 16.8. The van der Waals surface area contributed by atoms with Gasteiger partial charge in [0.1, 0.15) is 30.2 Å². The van der Waals surface area contributed by atoms with E-state index in [4.69, 9.17) is 32.7 Å². The zero-order chi connectivity index (χ0) is 36.0. The summed E-state index contributed by atoms with van der Waals surface area (Å²) in [4.78, 5) is 52.8. The average Bonchev–Trinajstić information content (AvgIpc) is 3.11. The Labute approximate surface area is 301 Å². The maximum Gasteiger partial charge on any atom is 0.408 e. The minimum atomic E-state index is -1.26. The zero-order valence-electron chi connectivity index (χ0n) is 27.6. The molecule has 50 heavy (non-hydrogen) atoms. The molecule has 0 heterocycles. The first-order chi connectivity index (χ1) is 24.0. The third kappa shape index (κ3) is 11.9. The Balaban J connectivity index is 1.40. The van der Waals surface area contributed by atoms with E-state index in [2.05, 4.69) is 16.0 Å². The van der Waals surface area contributed by atoms with Crippen molar-refractivity contribution in [1.29, 1.82) is 0 Å². The minimum Gasteiger partial charge on any atom is -0.457 e. The summed E-state index contributed by atoms with van der Waals surface area (Å²) in [7, 11) is 0. The normalized spacial score (nSPS) is 12.7. The first kappa shape index (κ1) is 37.9. The number of ether oxygens (including phenoxy) is 2. The number of rotatable bonds is 16. The van der Waals surface area contributed by atoms with Crippen molar-refractivity contribution in [1.82, 2.24) is 16.0 Å². The molecule has 4 rings (SSSR count). The number of carbonyl (C=O) groups is 4. The number of aliphatic hydroxyl groups excluding tert-OH is 1. The number of Topliss-reactive ketones (excluding diaryl/α,β-unsaturated/α-hetero) is 1. The van der Waals surface area contributed by atoms with Gasteiger partial charge in [-0.2, -0.15) is 0 Å². The summed E-state index contributed by atoms with van der Waals surface area (Å²) >= 11 is 12.1. The monoisotopic (exact) mass is 719 g/mol. The third-order valence-electron chi connectivity index (χ3n) is 7.49. The third-order valence-corrected chi connectivity index (χ3v) is 8.23. The number of alkyl carbamates (subject to hydrolysis) is 1. The van der Waals surface area contributed by atoms with E-state index in [1.165, 1.54) is 0 Å². The van der Waals surface area contributed by atoms with Gasteiger partial charge in [0.25, 0.3) is 5.91 Å². The lowest BCUT2D eigenvalue weighted by molar-refractivity contribution is -0.140. The minimum absolute atomic E-state index is 0.00104. The first-order valence-electron chi connectivity index (χ1n) is 16.0. The van der Waals surface area contributed by atoms with E-state index in [0.29, 0.717) is 32.7 Å². The number of hydrogen-bond donors (Lipinski definition) is 4. The second kappa shape index (κ2) is 18.7. The van der Waals surface area contributed by atoms with Crippen LogP contribution in [0.15, 0.2) is 103 Å². The Morgan fingerprint density at radius 1 is 0.740 bits per heavy atom. The lowest BCUT2D eigenvalue weighted by Gasteiger charge is -2.24. The molecule has 0 spiro atoms. The van der Waals surface area contributed by atoms with Crippen LogP contribution >= 0.6 is 23.2 Å². The fourth-order valence-corrected chi connectivity index (χ4v) is 5.24. The number of ketones is 1. The quantitative estimate of drug-likeness (QED) is 0.0959. The van der Waals surface area contributed by atoms with Crippen LogP contribution < -0.4 is 20.7 Å². The lowest BCUT2D eigenvalue weighted by atomic mass is 9.99. The SMILES string of the molecule is CC(C)C[C@H](NC(=O)OCc1ccccc1)C(=O)N[C@@H](Cc1ccccc1)C(=O)C(=O)NCC(O)c1cccc(Oc2ccc(Cl)c(Cl)c2)c1. The van der Waals surface area contributed by atoms with Gasteiger partial charge in [0.2, 0.25) is 11.7 Å². The fraction of sp³-hybridized carbons (Fsp3) is 0.263. The summed E-state index contributed by atoms with van der Waals surface area (Å²) in [5.41, 5.74) is 1.90. The molecular weight excluding hydrogens is 681 g/mol. The van der Waals surface area contributed by atoms with Gasteiger partial charge >= 0.3 is 6.09 Å². The molecule has 4 aromatic rings. The molecule has 10 nitrogen and oxygen atoms in total. The summed E-state index contributed by atoms with van der Waals surface area (Å²) < 4.78 is 11.1. The molecule has 0 bridgehead atoms. The largest absolute Gasteiger partial charge is 0.457 e. The Morgan fingerprint density at radius 2 is 1.40 bits per heavy atom. The summed E-state index contributed by atoms with van der Waals surface area (Å²) in [5, 5.41) is 19.3. The van der Waals surface area contributed by atoms with Gasteiger partial charge in [-0.3, -0.25) is 14.4 Å². The average molecular weight is 721 g/mol. The second-order valence-electron chi connectivity index (χ2n) is 12.0. The zero-order valence-corrected chi connectivity index (χ0v) is 29.1. The van der Waals surface area contributed by atoms with E-state index >= 15 is 0 Å². The van der Waals surface area contributed by atoms with Crippen LogP contribution in [0.4, 0.5) is 4.79 Å². The van der Waals surface area contributed by atoms with Crippen molar-refractivity contribution in [3.8, 4) is 11.5 Å². The van der Waals surface area contributed by atoms with Crippen LogP contribution in [0.5, 0.6) is 11.5 Å². The summed E-state index contributed by atoms with van der Waals surface area (Å²) in [6.45, 7) is 3.49. The van der Waals surface area contributed by atoms with Crippen LogP contribution in [0, 0.1) is 5.92 Å². The number of carbonyl (C=O) groups excluding carboxylic acids is 4. The van der Waals surface area contributed by atoms with E-state index in [-0.39, 0.29) is 31.9 Å². The Bertz CT molecular complexity index is 1760. The molecular formula is C38H39Cl2N3O7. The lowest BCUT2D eigenvalue weighted by Crippen LogP contribution is -2.55. The molecule has 0 saturated heterocycles. The highest BCUT2D eigenvalue weighted by atomic mass is 35.5. The van der Waals surface area contributed by atoms with Gasteiger partial charge in [-0.25, -0.2) is 4.79 Å². The Kier molecular flexibility index (Phi) is 14.2. The van der Waals surface area contributed by atoms with E-state index < -0.39 is 41.9 Å². The summed E-state index contributed by atoms with van der Waals surface area (Å²) in [6.07, 6.45) is -1.71. The van der Waals surface area contributed by atoms with Gasteiger partial charge in [0, 0.05) is 19.0 Å². The van der Waals surface area contributed by atoms with Gasteiger partial charge < -0.3 is 30.5 Å². The molecule has 0 aliphatic carbocycles. The highest BCUT2D eigenvalue weighted by Crippen LogP contribution is 2.30. The highest BCUT2D eigenvalue weighted by molar-refractivity contribution is 6.42. The number of hydrogen-bond acceptors (Lipinski definition) is 7. The van der Waals surface area contributed by atoms with Crippen LogP contribution in [0.3, 0.4) is 0 Å². The number of nitrogens with one attached hydrogen (secondary N) is 3. The van der Waals surface area contributed by atoms with Crippen molar-refractivity contribution in [3.63, 3.8) is 0 Å². The van der Waals surface area contributed by atoms with Crippen molar-refractivity contribution in [2.75, 3.05) is 6.54 Å². The standard InChI is InChI=1S/C38H39Cl2N3O7/c1-24(2)18-33(43-38(48)49-23-26-12-7-4-8-13-26)36(46)42-32(19-25-10-5-3-6-11-25)35(45)37(47)41-22-34(44)27-14-9-15-28(20-27)50-29-16-17-30(39)31(40)21-29/h3-17,20-21,24,32-34,44H,18-19,22-23H2,1-2H3,(H,41,47)(H,42,46)(H,43,48)/t32-,33-,34?/m0/s1. The molecule has 1 unspecified atom stereocenters. The summed E-state index contributed by atoms with van der Waals surface area (Å²) in [6, 6.07) is 27.1. The van der Waals surface area contributed by atoms with E-state index in [1.807, 2.05) is 32.0 Å². The molecule has 0 aromatic heterocycles. The molecule has 3 amide bonds. The maximum atomic E-state index is 13.5. The topological polar surface area (TPSA) is 143 Å². The van der Waals surface area contributed by atoms with Crippen molar-refractivity contribution in [2.45, 2.75) is 51.5 Å². The van der Waals surface area contributed by atoms with Crippen LogP contribution in [-0.2, 0) is 32.1 Å². The van der Waals surface area contributed by atoms with Crippen LogP contribution in [0.25, 0.3) is 0 Å². The molecule has 3 atom stereocenters. The predicted molar refractivity (Wildman–Crippen MR) is 191 cm³/mol. The molecule has 262 valence electrons. The summed E-state index contributed by atoms with van der Waals surface area (Å²) in [5.74, 6) is -1.71. The highest BCUT2D eigenvalue weighted by Gasteiger charge is 2.31. The van der Waals surface area contributed by atoms with Gasteiger partial charge in [0.15, 0.2) is 0 Å². The molecule has 0 aliphatic rings. The number of aliphatic hydroxyl groups is 1. The van der Waals surface area contributed by atoms with Crippen LogP contribution in [0.1, 0.15) is 43.1 Å². The molecule has 0 fully saturated rings. The Hall–Kier alpha value is -4.90. The van der Waals surface area contributed by atoms with Crippen molar-refractivity contribution < 1.29 is 33.8 Å². The van der Waals surface area contributed by atoms with Crippen LogP contribution in [0.2, 0.25) is 10.0 Å². The van der Waals surface area contributed by atoms with Crippen molar-refractivity contribution >= 4 is 46.9 Å². The molecule has 4 N–H and O–H groups in total. The Morgan fingerprint density at radius 3 is 2.06 bits per heavy atom. The van der Waals surface area contributed by atoms with Gasteiger partial charge in [-0.15, -0.1) is 0 Å². The van der Waals surface area contributed by atoms with Crippen LogP contribution in [-0.4, -0.2) is 47.4 Å². The molecule has 0 radical (unpaired) electrons. The number of benzene rings is 4. The van der Waals surface area contributed by atoms with Crippen molar-refractivity contribution in [2.24, 2.45) is 5.92 Å². The van der Waals surface area contributed by atoms with Gasteiger partial charge in [-0.1, -0.05) is 110 Å². The number of halogens is 2. The molecule has 0 saturated carbocycles. The smallest absolute Gasteiger partial charge is 0.408 e.